The van der Waals surface area contributed by atoms with Crippen molar-refractivity contribution in [3.8, 4) is 0 Å². The molecule has 394 valence electrons. The second-order valence-electron chi connectivity index (χ2n) is 23.6. The molecule has 0 heterocycles. The lowest BCUT2D eigenvalue weighted by atomic mass is 10.1. The maximum Gasteiger partial charge on any atom is 0.238 e. The van der Waals surface area contributed by atoms with Gasteiger partial charge in [-0.1, -0.05) is 107 Å². The van der Waals surface area contributed by atoms with Crippen molar-refractivity contribution < 1.29 is 55.9 Å². The van der Waals surface area contributed by atoms with Gasteiger partial charge in [0.15, 0.2) is 25.0 Å². The zero-order valence-corrected chi connectivity index (χ0v) is 50.4. The largest absolute Gasteiger partial charge is 0.414 e. The van der Waals surface area contributed by atoms with Crippen molar-refractivity contribution in [3.63, 3.8) is 0 Å². The molecule has 0 saturated carbocycles. The fourth-order valence-corrected chi connectivity index (χ4v) is 8.55. The van der Waals surface area contributed by atoms with Gasteiger partial charge in [-0.25, -0.2) is 4.89 Å². The molecular formula is C50H101NO12Si4. The summed E-state index contributed by atoms with van der Waals surface area (Å²) in [5, 5.41) is 0.508. The minimum absolute atomic E-state index is 0.0361. The zero-order chi connectivity index (χ0) is 51.1. The summed E-state index contributed by atoms with van der Waals surface area (Å²) < 4.78 is 66.9. The molecule has 1 aromatic carbocycles. The van der Waals surface area contributed by atoms with E-state index in [9.17, 15) is 0 Å². The van der Waals surface area contributed by atoms with Gasteiger partial charge in [-0.2, -0.15) is 0 Å². The molecule has 1 aromatic rings. The standard InChI is InChI=1S/C50H101NO12Si4/c1-47(2,3)64(13,14)60-34-29-54-39-45(40-55-30-35-61-65(15,16)48(4,5)6)57-33-28-53-38-44-23-21-43(22-24-44)37-51-25-26-52-27-32-58-46(42-59-63-67(19,20)50(10,11)12)41-56-31-36-62-66(17,18)49(7,8)9/h21-24,37,45-46H,25-36,38-42H2,1-20H3/b51-37+. The summed E-state index contributed by atoms with van der Waals surface area (Å²) in [5.41, 5.74) is 2.09. The number of benzene rings is 1. The average Bonchev–Trinajstić information content (AvgIpc) is 3.19. The molecule has 0 fully saturated rings. The van der Waals surface area contributed by atoms with E-state index in [1.807, 2.05) is 18.3 Å². The van der Waals surface area contributed by atoms with Crippen molar-refractivity contribution in [2.75, 3.05) is 106 Å². The molecule has 0 aromatic heterocycles. The first kappa shape index (κ1) is 64.3. The first-order valence-corrected chi connectivity index (χ1v) is 36.4. The third-order valence-electron chi connectivity index (χ3n) is 13.7. The van der Waals surface area contributed by atoms with Crippen LogP contribution in [0.5, 0.6) is 0 Å². The molecule has 0 aliphatic heterocycles. The second kappa shape index (κ2) is 30.3. The van der Waals surface area contributed by atoms with E-state index in [0.717, 1.165) is 11.1 Å². The maximum absolute atomic E-state index is 6.29. The number of nitrogens with zero attached hydrogens (tertiary/aromatic N) is 1. The lowest BCUT2D eigenvalue weighted by Gasteiger charge is -2.36. The summed E-state index contributed by atoms with van der Waals surface area (Å²) in [6.45, 7) is 52.5. The molecule has 67 heavy (non-hydrogen) atoms. The number of aliphatic imine (C=N–C) groups is 1. The normalized spacial score (nSPS) is 14.5. The minimum Gasteiger partial charge on any atom is -0.414 e. The molecule has 17 heteroatoms. The molecule has 0 spiro atoms. The van der Waals surface area contributed by atoms with Crippen molar-refractivity contribution in [2.24, 2.45) is 4.99 Å². The van der Waals surface area contributed by atoms with Gasteiger partial charge in [-0.05, 0) is 83.7 Å². The first-order chi connectivity index (χ1) is 30.8. The van der Waals surface area contributed by atoms with Crippen LogP contribution in [0.3, 0.4) is 0 Å². The average molecular weight is 1020 g/mol. The van der Waals surface area contributed by atoms with Crippen LogP contribution in [-0.2, 0) is 62.5 Å². The lowest BCUT2D eigenvalue weighted by molar-refractivity contribution is -0.245. The third-order valence-corrected chi connectivity index (χ3v) is 31.5. The minimum atomic E-state index is -2.07. The SMILES string of the molecule is CC(C)(C)[Si](C)(C)OCCOCC(COCCO[Si](C)(C)C(C)(C)C)OCCOCc1ccc(/C=N/CCOCCOC(COCCO[Si](C)(C)C(C)(C)C)COO[Si](C)(C)C(C)(C)C)cc1. The molecule has 0 N–H and O–H groups in total. The molecule has 1 atom stereocenters. The predicted molar refractivity (Wildman–Crippen MR) is 285 cm³/mol. The molecule has 0 aliphatic carbocycles. The van der Waals surface area contributed by atoms with Crippen molar-refractivity contribution >= 4 is 39.5 Å². The topological polar surface area (TPSA) is 123 Å². The molecule has 0 bridgehead atoms. The van der Waals surface area contributed by atoms with Gasteiger partial charge in [0.2, 0.25) is 8.32 Å². The maximum atomic E-state index is 6.29. The van der Waals surface area contributed by atoms with Crippen molar-refractivity contribution in [1.82, 2.24) is 0 Å². The van der Waals surface area contributed by atoms with Crippen LogP contribution in [0.1, 0.15) is 94.2 Å². The van der Waals surface area contributed by atoms with Crippen LogP contribution in [0.25, 0.3) is 0 Å². The lowest BCUT2D eigenvalue weighted by Crippen LogP contribution is -2.42. The van der Waals surface area contributed by atoms with E-state index in [1.165, 1.54) is 0 Å². The molecule has 0 saturated heterocycles. The van der Waals surface area contributed by atoms with Crippen LogP contribution < -0.4 is 0 Å². The summed E-state index contributed by atoms with van der Waals surface area (Å²) in [6.07, 6.45) is 1.35. The van der Waals surface area contributed by atoms with E-state index in [2.05, 4.69) is 153 Å². The molecule has 0 aliphatic rings. The summed E-state index contributed by atoms with van der Waals surface area (Å²) >= 11 is 0. The van der Waals surface area contributed by atoms with Gasteiger partial charge in [0.1, 0.15) is 18.8 Å². The Hall–Kier alpha value is -0.722. The van der Waals surface area contributed by atoms with Crippen molar-refractivity contribution in [2.45, 2.75) is 174 Å². The summed E-state index contributed by atoms with van der Waals surface area (Å²) in [5.74, 6) is 0. The van der Waals surface area contributed by atoms with Gasteiger partial charge >= 0.3 is 0 Å². The van der Waals surface area contributed by atoms with Crippen LogP contribution in [0.15, 0.2) is 29.3 Å². The molecule has 13 nitrogen and oxygen atoms in total. The Morgan fingerprint density at radius 3 is 1.21 bits per heavy atom. The van der Waals surface area contributed by atoms with E-state index in [1.54, 1.807) is 0 Å². The molecule has 0 amide bonds. The highest BCUT2D eigenvalue weighted by Gasteiger charge is 2.40. The Balaban J connectivity index is 2.49. The highest BCUT2D eigenvalue weighted by atomic mass is 28.4. The van der Waals surface area contributed by atoms with Gasteiger partial charge in [-0.3, -0.25) is 9.57 Å². The molecule has 1 unspecified atom stereocenters. The van der Waals surface area contributed by atoms with Crippen LogP contribution >= 0.6 is 0 Å². The fourth-order valence-electron chi connectivity index (χ4n) is 4.86. The Kier molecular flexibility index (Phi) is 29.1. The summed E-state index contributed by atoms with van der Waals surface area (Å²) in [4.78, 5) is 10.3. The van der Waals surface area contributed by atoms with Crippen molar-refractivity contribution in [1.29, 1.82) is 0 Å². The van der Waals surface area contributed by atoms with Gasteiger partial charge in [-0.15, -0.1) is 0 Å². The quantitative estimate of drug-likeness (QED) is 0.0209. The summed E-state index contributed by atoms with van der Waals surface area (Å²) in [7, 11) is -7.55. The third kappa shape index (κ3) is 27.1. The van der Waals surface area contributed by atoms with Gasteiger partial charge in [0.25, 0.3) is 0 Å². The second-order valence-corrected chi connectivity index (χ2v) is 42.7. The van der Waals surface area contributed by atoms with Crippen LogP contribution in [0.2, 0.25) is 72.5 Å². The number of rotatable bonds is 36. The monoisotopic (exact) mass is 1020 g/mol. The zero-order valence-electron chi connectivity index (χ0n) is 46.4. The number of hydrogen-bond donors (Lipinski definition) is 0. The highest BCUT2D eigenvalue weighted by molar-refractivity contribution is 6.75. The highest BCUT2D eigenvalue weighted by Crippen LogP contribution is 2.39. The first-order valence-electron chi connectivity index (χ1n) is 24.7. The van der Waals surface area contributed by atoms with Gasteiger partial charge < -0.3 is 46.4 Å². The van der Waals surface area contributed by atoms with Crippen molar-refractivity contribution in [3.05, 3.63) is 35.4 Å². The van der Waals surface area contributed by atoms with Crippen LogP contribution in [-0.4, -0.2) is 157 Å². The Morgan fingerprint density at radius 2 is 0.806 bits per heavy atom. The van der Waals surface area contributed by atoms with E-state index in [-0.39, 0.29) is 39.0 Å². The Bertz CT molecular complexity index is 1430. The fraction of sp³-hybridized carbons (Fsp3) is 0.860. The Morgan fingerprint density at radius 1 is 0.433 bits per heavy atom. The van der Waals surface area contributed by atoms with Crippen LogP contribution in [0.4, 0.5) is 0 Å². The smallest absolute Gasteiger partial charge is 0.238 e. The predicted octanol–water partition coefficient (Wildman–Crippen LogP) is 11.5. The number of ether oxygens (including phenoxy) is 7. The van der Waals surface area contributed by atoms with Gasteiger partial charge in [0, 0.05) is 6.21 Å². The van der Waals surface area contributed by atoms with E-state index in [0.29, 0.717) is 106 Å². The summed E-state index contributed by atoms with van der Waals surface area (Å²) in [6, 6.07) is 8.20. The molecular weight excluding hydrogens is 919 g/mol. The molecule has 0 radical (unpaired) electrons. The van der Waals surface area contributed by atoms with E-state index >= 15 is 0 Å². The van der Waals surface area contributed by atoms with Gasteiger partial charge in [0.05, 0.1) is 106 Å². The Labute approximate surface area is 414 Å². The number of hydrogen-bond acceptors (Lipinski definition) is 13. The van der Waals surface area contributed by atoms with E-state index < -0.39 is 33.3 Å². The van der Waals surface area contributed by atoms with Crippen LogP contribution in [0, 0.1) is 0 Å². The van der Waals surface area contributed by atoms with E-state index in [4.69, 9.17) is 55.9 Å². The molecule has 1 rings (SSSR count).